The summed E-state index contributed by atoms with van der Waals surface area (Å²) in [6.07, 6.45) is 0.712. The predicted molar refractivity (Wildman–Crippen MR) is 111 cm³/mol. The Balaban J connectivity index is 1.64. The molecule has 150 valence electrons. The number of aliphatic hydroxyl groups is 1. The first-order chi connectivity index (χ1) is 13.4. The molecule has 7 heteroatoms. The van der Waals surface area contributed by atoms with E-state index < -0.39 is 11.6 Å². The van der Waals surface area contributed by atoms with Gasteiger partial charge in [0.15, 0.2) is 5.60 Å². The summed E-state index contributed by atoms with van der Waals surface area (Å²) in [6, 6.07) is 13.5. The fourth-order valence-corrected chi connectivity index (χ4v) is 3.80. The second-order valence-corrected chi connectivity index (χ2v) is 8.32. The Bertz CT molecular complexity index is 820. The second kappa shape index (κ2) is 9.27. The quantitative estimate of drug-likeness (QED) is 0.645. The van der Waals surface area contributed by atoms with Crippen LogP contribution in [0.25, 0.3) is 0 Å². The number of halogens is 2. The maximum absolute atomic E-state index is 11.8. The van der Waals surface area contributed by atoms with Crippen LogP contribution in [0.3, 0.4) is 0 Å². The fourth-order valence-electron chi connectivity index (χ4n) is 3.27. The van der Waals surface area contributed by atoms with Crippen molar-refractivity contribution < 1.29 is 19.4 Å². The number of benzene rings is 2. The lowest BCUT2D eigenvalue weighted by Gasteiger charge is -2.36. The first-order valence-corrected chi connectivity index (χ1v) is 10.3. The molecule has 3 rings (SSSR count). The summed E-state index contributed by atoms with van der Waals surface area (Å²) < 4.78 is 11.7. The van der Waals surface area contributed by atoms with Crippen molar-refractivity contribution in [2.45, 2.75) is 31.6 Å². The van der Waals surface area contributed by atoms with Gasteiger partial charge in [-0.2, -0.15) is 0 Å². The second-order valence-electron chi connectivity index (χ2n) is 6.97. The van der Waals surface area contributed by atoms with Gasteiger partial charge in [0.1, 0.15) is 12.4 Å². The van der Waals surface area contributed by atoms with Gasteiger partial charge in [0.25, 0.3) is 0 Å². The minimum atomic E-state index is -1.38. The van der Waals surface area contributed by atoms with Gasteiger partial charge in [-0.15, -0.1) is 0 Å². The highest BCUT2D eigenvalue weighted by molar-refractivity contribution is 9.10. The SMILES string of the molecule is COC(=O)C1(O)CCN(Cc2cc(Br)ccc2OCc2ccc(Cl)cc2)CC1. The number of hydrogen-bond acceptors (Lipinski definition) is 5. The summed E-state index contributed by atoms with van der Waals surface area (Å²) in [5, 5.41) is 11.1. The van der Waals surface area contributed by atoms with Gasteiger partial charge >= 0.3 is 5.97 Å². The monoisotopic (exact) mass is 467 g/mol. The molecule has 1 fully saturated rings. The highest BCUT2D eigenvalue weighted by Gasteiger charge is 2.40. The molecule has 0 saturated carbocycles. The van der Waals surface area contributed by atoms with Crippen molar-refractivity contribution >= 4 is 33.5 Å². The number of rotatable bonds is 6. The molecule has 1 heterocycles. The zero-order valence-electron chi connectivity index (χ0n) is 15.7. The largest absolute Gasteiger partial charge is 0.489 e. The predicted octanol–water partition coefficient (Wildman–Crippen LogP) is 4.18. The molecule has 0 aliphatic carbocycles. The summed E-state index contributed by atoms with van der Waals surface area (Å²) in [6.45, 7) is 2.34. The van der Waals surface area contributed by atoms with Crippen LogP contribution >= 0.6 is 27.5 Å². The lowest BCUT2D eigenvalue weighted by atomic mass is 9.91. The first-order valence-electron chi connectivity index (χ1n) is 9.08. The van der Waals surface area contributed by atoms with Gasteiger partial charge in [-0.1, -0.05) is 39.7 Å². The fraction of sp³-hybridized carbons (Fsp3) is 0.381. The summed E-state index contributed by atoms with van der Waals surface area (Å²) in [7, 11) is 1.30. The smallest absolute Gasteiger partial charge is 0.337 e. The third kappa shape index (κ3) is 5.26. The summed E-state index contributed by atoms with van der Waals surface area (Å²) in [5.41, 5.74) is 0.711. The van der Waals surface area contributed by atoms with Crippen LogP contribution in [0.2, 0.25) is 5.02 Å². The normalized spacial score (nSPS) is 16.6. The van der Waals surface area contributed by atoms with E-state index in [-0.39, 0.29) is 0 Å². The number of methoxy groups -OCH3 is 1. The Labute approximate surface area is 178 Å². The molecule has 0 bridgehead atoms. The van der Waals surface area contributed by atoms with E-state index in [0.29, 0.717) is 44.1 Å². The Morgan fingerprint density at radius 3 is 2.54 bits per heavy atom. The van der Waals surface area contributed by atoms with E-state index in [2.05, 4.69) is 20.8 Å². The molecule has 0 amide bonds. The minimum absolute atomic E-state index is 0.356. The number of nitrogens with zero attached hydrogens (tertiary/aromatic N) is 1. The van der Waals surface area contributed by atoms with E-state index in [1.54, 1.807) is 0 Å². The van der Waals surface area contributed by atoms with Crippen LogP contribution < -0.4 is 4.74 Å². The van der Waals surface area contributed by atoms with E-state index in [1.807, 2.05) is 42.5 Å². The Hall–Kier alpha value is -1.60. The standard InChI is InChI=1S/C21H23BrClNO4/c1-27-20(25)21(26)8-10-24(11-9-21)13-16-12-17(22)4-7-19(16)28-14-15-2-5-18(23)6-3-15/h2-7,12,26H,8-11,13-14H2,1H3. The van der Waals surface area contributed by atoms with Gasteiger partial charge in [-0.25, -0.2) is 4.79 Å². The van der Waals surface area contributed by atoms with Crippen LogP contribution in [0.5, 0.6) is 5.75 Å². The lowest BCUT2D eigenvalue weighted by Crippen LogP contribution is -2.49. The molecule has 1 aliphatic rings. The number of carbonyl (C=O) groups excluding carboxylic acids is 1. The van der Waals surface area contributed by atoms with Crippen LogP contribution in [0.15, 0.2) is 46.9 Å². The average molecular weight is 469 g/mol. The number of piperidine rings is 1. The highest BCUT2D eigenvalue weighted by Crippen LogP contribution is 2.29. The zero-order valence-corrected chi connectivity index (χ0v) is 18.0. The molecule has 1 N–H and O–H groups in total. The Kier molecular flexibility index (Phi) is 6.99. The molecule has 2 aromatic carbocycles. The van der Waals surface area contributed by atoms with E-state index in [9.17, 15) is 9.90 Å². The number of likely N-dealkylation sites (tertiary alicyclic amines) is 1. The van der Waals surface area contributed by atoms with Gasteiger partial charge in [0.2, 0.25) is 0 Å². The van der Waals surface area contributed by atoms with Crippen LogP contribution in [-0.4, -0.2) is 41.8 Å². The van der Waals surface area contributed by atoms with E-state index in [4.69, 9.17) is 21.1 Å². The number of hydrogen-bond donors (Lipinski definition) is 1. The van der Waals surface area contributed by atoms with E-state index in [0.717, 1.165) is 21.3 Å². The summed E-state index contributed by atoms with van der Waals surface area (Å²) in [5.74, 6) is 0.258. The molecule has 0 spiro atoms. The molecular formula is C21H23BrClNO4. The van der Waals surface area contributed by atoms with Crippen LogP contribution in [0.1, 0.15) is 24.0 Å². The molecular weight excluding hydrogens is 446 g/mol. The van der Waals surface area contributed by atoms with Crippen molar-refractivity contribution in [2.75, 3.05) is 20.2 Å². The van der Waals surface area contributed by atoms with E-state index >= 15 is 0 Å². The average Bonchev–Trinajstić information content (AvgIpc) is 2.70. The molecule has 28 heavy (non-hydrogen) atoms. The molecule has 0 unspecified atom stereocenters. The third-order valence-corrected chi connectivity index (χ3v) is 5.72. The molecule has 0 aromatic heterocycles. The first kappa shape index (κ1) is 21.1. The van der Waals surface area contributed by atoms with Crippen molar-refractivity contribution in [1.29, 1.82) is 0 Å². The van der Waals surface area contributed by atoms with Crippen molar-refractivity contribution in [1.82, 2.24) is 4.90 Å². The van der Waals surface area contributed by atoms with Crippen LogP contribution in [-0.2, 0) is 22.7 Å². The van der Waals surface area contributed by atoms with Gasteiger partial charge < -0.3 is 14.6 Å². The van der Waals surface area contributed by atoms with Crippen molar-refractivity contribution in [3.8, 4) is 5.75 Å². The number of ether oxygens (including phenoxy) is 2. The maximum atomic E-state index is 11.8. The Morgan fingerprint density at radius 2 is 1.89 bits per heavy atom. The molecule has 1 aliphatic heterocycles. The third-order valence-electron chi connectivity index (χ3n) is 4.97. The molecule has 0 atom stereocenters. The molecule has 1 saturated heterocycles. The lowest BCUT2D eigenvalue weighted by molar-refractivity contribution is -0.167. The highest BCUT2D eigenvalue weighted by atomic mass is 79.9. The van der Waals surface area contributed by atoms with Crippen molar-refractivity contribution in [2.24, 2.45) is 0 Å². The molecule has 0 radical (unpaired) electrons. The summed E-state index contributed by atoms with van der Waals surface area (Å²) >= 11 is 9.45. The number of esters is 1. The van der Waals surface area contributed by atoms with Crippen molar-refractivity contribution in [3.63, 3.8) is 0 Å². The van der Waals surface area contributed by atoms with Crippen LogP contribution in [0, 0.1) is 0 Å². The van der Waals surface area contributed by atoms with E-state index in [1.165, 1.54) is 7.11 Å². The Morgan fingerprint density at radius 1 is 1.21 bits per heavy atom. The maximum Gasteiger partial charge on any atom is 0.337 e. The number of carbonyl (C=O) groups is 1. The minimum Gasteiger partial charge on any atom is -0.489 e. The molecule has 2 aromatic rings. The van der Waals surface area contributed by atoms with Crippen molar-refractivity contribution in [3.05, 3.63) is 63.1 Å². The zero-order chi connectivity index (χ0) is 20.1. The van der Waals surface area contributed by atoms with Gasteiger partial charge in [-0.05, 0) is 48.7 Å². The topological polar surface area (TPSA) is 59.0 Å². The van der Waals surface area contributed by atoms with Gasteiger partial charge in [-0.3, -0.25) is 4.90 Å². The van der Waals surface area contributed by atoms with Gasteiger partial charge in [0.05, 0.1) is 7.11 Å². The summed E-state index contributed by atoms with van der Waals surface area (Å²) in [4.78, 5) is 14.0. The van der Waals surface area contributed by atoms with Crippen LogP contribution in [0.4, 0.5) is 0 Å². The molecule has 5 nitrogen and oxygen atoms in total. The van der Waals surface area contributed by atoms with Gasteiger partial charge in [0, 0.05) is 34.7 Å².